The first kappa shape index (κ1) is 16.1. The van der Waals surface area contributed by atoms with Crippen molar-refractivity contribution in [3.63, 3.8) is 0 Å². The molecule has 2 aliphatic rings. The maximum absolute atomic E-state index is 11.9. The topological polar surface area (TPSA) is 34.1 Å². The van der Waals surface area contributed by atoms with Gasteiger partial charge in [-0.15, -0.1) is 0 Å². The van der Waals surface area contributed by atoms with E-state index in [1.54, 1.807) is 0 Å². The van der Waals surface area contributed by atoms with E-state index in [2.05, 4.69) is 12.1 Å². The van der Waals surface area contributed by atoms with Crippen molar-refractivity contribution in [3.05, 3.63) is 46.5 Å². The van der Waals surface area contributed by atoms with Gasteiger partial charge in [0.2, 0.25) is 0 Å². The van der Waals surface area contributed by atoms with Crippen molar-refractivity contribution in [2.75, 3.05) is 0 Å². The molecule has 0 amide bonds. The molecule has 0 fully saturated rings. The molecule has 2 aromatic rings. The molecule has 0 N–H and O–H groups in total. The van der Waals surface area contributed by atoms with E-state index in [1.807, 2.05) is 12.1 Å². The lowest BCUT2D eigenvalue weighted by molar-refractivity contribution is 0.602. The molecule has 2 nitrogen and oxygen atoms in total. The Hall–Kier alpha value is -1.36. The van der Waals surface area contributed by atoms with Crippen LogP contribution in [0.5, 0.6) is 0 Å². The molecule has 0 unspecified atom stereocenters. The number of rotatable bonds is 3. The van der Waals surface area contributed by atoms with Crippen LogP contribution >= 0.6 is 16.9 Å². The van der Waals surface area contributed by atoms with Gasteiger partial charge in [-0.3, -0.25) is 9.13 Å². The Morgan fingerprint density at radius 2 is 1.00 bits per heavy atom. The standard InChI is InChI=1S/C20H20O2P2/c21-23-17-11-9-13-5-1-3-7-15(13)19(17)20-16-8-4-2-6-14(16)10-12-18(20)24-22/h9-12H,1-8H2. The van der Waals surface area contributed by atoms with Gasteiger partial charge >= 0.3 is 0 Å². The highest BCUT2D eigenvalue weighted by atomic mass is 31.1. The second kappa shape index (κ2) is 6.87. The fraction of sp³-hybridized carbons (Fsp3) is 0.400. The normalized spacial score (nSPS) is 16.8. The number of benzene rings is 2. The third-order valence-electron chi connectivity index (χ3n) is 5.47. The summed E-state index contributed by atoms with van der Waals surface area (Å²) in [7, 11) is 0.109. The molecule has 0 atom stereocenters. The summed E-state index contributed by atoms with van der Waals surface area (Å²) < 4.78 is 23.7. The minimum absolute atomic E-state index is 0.0547. The summed E-state index contributed by atoms with van der Waals surface area (Å²) in [6, 6.07) is 8.29. The quantitative estimate of drug-likeness (QED) is 0.731. The van der Waals surface area contributed by atoms with Gasteiger partial charge in [0.15, 0.2) is 16.9 Å². The average molecular weight is 354 g/mol. The van der Waals surface area contributed by atoms with Gasteiger partial charge in [0.1, 0.15) is 0 Å². The smallest absolute Gasteiger partial charge is 0.192 e. The Kier molecular flexibility index (Phi) is 4.61. The Morgan fingerprint density at radius 3 is 1.42 bits per heavy atom. The van der Waals surface area contributed by atoms with Crippen molar-refractivity contribution in [2.24, 2.45) is 0 Å². The Labute approximate surface area is 146 Å². The number of hydrogen-bond acceptors (Lipinski definition) is 2. The van der Waals surface area contributed by atoms with E-state index < -0.39 is 0 Å². The molecule has 122 valence electrons. The lowest BCUT2D eigenvalue weighted by Gasteiger charge is -2.26. The third kappa shape index (κ3) is 2.67. The van der Waals surface area contributed by atoms with Crippen LogP contribution in [0.3, 0.4) is 0 Å². The molecule has 0 saturated heterocycles. The van der Waals surface area contributed by atoms with Gasteiger partial charge in [-0.05, 0) is 85.8 Å². The molecule has 2 aromatic carbocycles. The van der Waals surface area contributed by atoms with E-state index in [-0.39, 0.29) is 16.9 Å². The van der Waals surface area contributed by atoms with Crippen molar-refractivity contribution in [1.29, 1.82) is 0 Å². The van der Waals surface area contributed by atoms with E-state index in [4.69, 9.17) is 0 Å². The van der Waals surface area contributed by atoms with Gasteiger partial charge in [0.05, 0.1) is 10.6 Å². The first-order valence-electron chi connectivity index (χ1n) is 8.80. The molecule has 0 saturated carbocycles. The monoisotopic (exact) mass is 354 g/mol. The molecular formula is C20H20O2P2. The molecule has 0 bridgehead atoms. The summed E-state index contributed by atoms with van der Waals surface area (Å²) >= 11 is 0. The van der Waals surface area contributed by atoms with Gasteiger partial charge in [-0.1, -0.05) is 12.1 Å². The van der Waals surface area contributed by atoms with Crippen LogP contribution in [-0.4, -0.2) is 0 Å². The summed E-state index contributed by atoms with van der Waals surface area (Å²) in [5.74, 6) is 0. The van der Waals surface area contributed by atoms with Crippen molar-refractivity contribution >= 4 is 27.5 Å². The summed E-state index contributed by atoms with van der Waals surface area (Å²) in [5, 5.41) is 1.69. The molecule has 0 aliphatic heterocycles. The maximum atomic E-state index is 11.9. The minimum atomic E-state index is 0.0547. The Bertz CT molecular complexity index is 757. The van der Waals surface area contributed by atoms with Crippen LogP contribution in [0.4, 0.5) is 0 Å². The maximum Gasteiger partial charge on any atom is 0.192 e. The van der Waals surface area contributed by atoms with Gasteiger partial charge < -0.3 is 0 Å². The predicted molar refractivity (Wildman–Crippen MR) is 99.6 cm³/mol. The zero-order chi connectivity index (χ0) is 16.5. The van der Waals surface area contributed by atoms with Crippen molar-refractivity contribution < 1.29 is 9.13 Å². The lowest BCUT2D eigenvalue weighted by Crippen LogP contribution is -2.18. The zero-order valence-electron chi connectivity index (χ0n) is 13.7. The molecule has 4 rings (SSSR count). The highest BCUT2D eigenvalue weighted by Crippen LogP contribution is 2.37. The first-order chi connectivity index (χ1) is 11.8. The van der Waals surface area contributed by atoms with Crippen molar-refractivity contribution in [2.45, 2.75) is 51.4 Å². The van der Waals surface area contributed by atoms with Crippen LogP contribution in [0, 0.1) is 0 Å². The van der Waals surface area contributed by atoms with Crippen LogP contribution in [-0.2, 0) is 34.8 Å². The van der Waals surface area contributed by atoms with Crippen molar-refractivity contribution in [1.82, 2.24) is 0 Å². The van der Waals surface area contributed by atoms with Gasteiger partial charge in [0.25, 0.3) is 0 Å². The number of fused-ring (bicyclic) bond motifs is 2. The van der Waals surface area contributed by atoms with Gasteiger partial charge in [0, 0.05) is 11.1 Å². The van der Waals surface area contributed by atoms with E-state index in [1.165, 1.54) is 47.9 Å². The largest absolute Gasteiger partial charge is 0.269 e. The fourth-order valence-corrected chi connectivity index (χ4v) is 5.29. The molecular weight excluding hydrogens is 334 g/mol. The Morgan fingerprint density at radius 1 is 0.583 bits per heavy atom. The van der Waals surface area contributed by atoms with E-state index in [0.29, 0.717) is 0 Å². The van der Waals surface area contributed by atoms with E-state index in [9.17, 15) is 9.13 Å². The second-order valence-electron chi connectivity index (χ2n) is 6.79. The average Bonchev–Trinajstić information content (AvgIpc) is 2.66. The Balaban J connectivity index is 2.06. The summed E-state index contributed by atoms with van der Waals surface area (Å²) in [6.45, 7) is 0. The molecule has 0 heterocycles. The minimum Gasteiger partial charge on any atom is -0.269 e. The van der Waals surface area contributed by atoms with Gasteiger partial charge in [-0.2, -0.15) is 0 Å². The van der Waals surface area contributed by atoms with E-state index in [0.717, 1.165) is 47.4 Å². The molecule has 24 heavy (non-hydrogen) atoms. The molecule has 0 aromatic heterocycles. The van der Waals surface area contributed by atoms with Crippen LogP contribution in [0.25, 0.3) is 11.1 Å². The number of aryl methyl sites for hydroxylation is 2. The molecule has 0 spiro atoms. The number of hydrogen-bond donors (Lipinski definition) is 0. The van der Waals surface area contributed by atoms with Gasteiger partial charge in [-0.25, -0.2) is 0 Å². The van der Waals surface area contributed by atoms with Crippen LogP contribution in [0.2, 0.25) is 0 Å². The fourth-order valence-electron chi connectivity index (χ4n) is 4.34. The summed E-state index contributed by atoms with van der Waals surface area (Å²) in [5.41, 5.74) is 7.66. The summed E-state index contributed by atoms with van der Waals surface area (Å²) in [4.78, 5) is 0. The highest BCUT2D eigenvalue weighted by molar-refractivity contribution is 7.35. The zero-order valence-corrected chi connectivity index (χ0v) is 15.5. The van der Waals surface area contributed by atoms with E-state index >= 15 is 0 Å². The van der Waals surface area contributed by atoms with Crippen LogP contribution in [0.1, 0.15) is 47.9 Å². The van der Waals surface area contributed by atoms with Crippen LogP contribution in [0.15, 0.2) is 24.3 Å². The molecule has 0 radical (unpaired) electrons. The van der Waals surface area contributed by atoms with Crippen LogP contribution < -0.4 is 10.6 Å². The van der Waals surface area contributed by atoms with Crippen molar-refractivity contribution in [3.8, 4) is 11.1 Å². The molecule has 4 heteroatoms. The summed E-state index contributed by atoms with van der Waals surface area (Å²) in [6.07, 6.45) is 9.06. The SMILES string of the molecule is O=Pc1ccc2c(c1-c1c(P=O)ccc3c1CCCC3)CCCC2. The molecule has 2 aliphatic carbocycles. The highest BCUT2D eigenvalue weighted by Gasteiger charge is 2.25. The lowest BCUT2D eigenvalue weighted by atomic mass is 9.81. The third-order valence-corrected chi connectivity index (χ3v) is 6.61. The predicted octanol–water partition coefficient (Wildman–Crippen LogP) is 4.95. The second-order valence-corrected chi connectivity index (χ2v) is 8.12. The first-order valence-corrected chi connectivity index (χ1v) is 10.4.